The molecule has 2 aliphatic rings. The van der Waals surface area contributed by atoms with E-state index in [2.05, 4.69) is 15.6 Å². The molecule has 1 unspecified atom stereocenters. The van der Waals surface area contributed by atoms with Gasteiger partial charge < -0.3 is 10.6 Å². The number of hydrogen-bond donors (Lipinski definition) is 2. The summed E-state index contributed by atoms with van der Waals surface area (Å²) in [5.41, 5.74) is 3.39. The first kappa shape index (κ1) is 15.5. The van der Waals surface area contributed by atoms with Crippen LogP contribution in [-0.4, -0.2) is 16.0 Å². The van der Waals surface area contributed by atoms with Gasteiger partial charge in [-0.15, -0.1) is 0 Å². The molecule has 4 nitrogen and oxygen atoms in total. The average molecular weight is 358 g/mol. The zero-order chi connectivity index (χ0) is 16.7. The summed E-state index contributed by atoms with van der Waals surface area (Å²) < 4.78 is 0. The number of aryl methyl sites for hydroxylation is 1. The Balaban J connectivity index is 1.73. The molecule has 1 fully saturated rings. The number of aromatic nitrogens is 1. The lowest BCUT2D eigenvalue weighted by molar-refractivity contribution is -0.124. The molecule has 24 heavy (non-hydrogen) atoms. The molecule has 1 aliphatic carbocycles. The molecular weight excluding hydrogens is 342 g/mol. The van der Waals surface area contributed by atoms with Crippen LogP contribution in [0.3, 0.4) is 0 Å². The average Bonchev–Trinajstić information content (AvgIpc) is 2.83. The Bertz CT molecular complexity index is 854. The maximum atomic E-state index is 12.5. The van der Waals surface area contributed by atoms with Crippen LogP contribution < -0.4 is 10.6 Å². The third-order valence-electron chi connectivity index (χ3n) is 4.72. The second-order valence-corrected chi connectivity index (χ2v) is 7.15. The molecule has 2 heterocycles. The number of amides is 1. The van der Waals surface area contributed by atoms with Gasteiger partial charge in [-0.2, -0.15) is 0 Å². The summed E-state index contributed by atoms with van der Waals surface area (Å²) in [6, 6.07) is 9.79. The van der Waals surface area contributed by atoms with Crippen molar-refractivity contribution in [3.8, 4) is 0 Å². The van der Waals surface area contributed by atoms with Crippen LogP contribution in [0.1, 0.15) is 35.2 Å². The van der Waals surface area contributed by atoms with Crippen molar-refractivity contribution in [2.24, 2.45) is 0 Å². The van der Waals surface area contributed by atoms with Crippen molar-refractivity contribution in [2.45, 2.75) is 31.2 Å². The molecule has 0 saturated carbocycles. The lowest BCUT2D eigenvalue weighted by Crippen LogP contribution is -2.46. The van der Waals surface area contributed by atoms with Crippen molar-refractivity contribution in [3.05, 3.63) is 63.9 Å². The standard InChI is InChI=1S/C18H16ClN3OS/c19-13-5-1-3-11(7-13)8-14-9-15-12(10-20-14)4-2-6-18(15)16(23)21-17(24)22-18/h1,3,5,7,9-10H,2,4,6,8H2,(H2,21,22,23,24). The van der Waals surface area contributed by atoms with Crippen molar-refractivity contribution in [1.29, 1.82) is 0 Å². The third-order valence-corrected chi connectivity index (χ3v) is 5.16. The molecule has 122 valence electrons. The smallest absolute Gasteiger partial charge is 0.256 e. The SMILES string of the molecule is O=C1NC(=S)NC12CCCc1cnc(Cc3cccc(Cl)c3)cc12. The molecule has 0 radical (unpaired) electrons. The number of nitrogens with one attached hydrogen (secondary N) is 2. The van der Waals surface area contributed by atoms with Gasteiger partial charge in [0.25, 0.3) is 5.91 Å². The fraction of sp³-hybridized carbons (Fsp3) is 0.278. The number of pyridine rings is 1. The van der Waals surface area contributed by atoms with Gasteiger partial charge in [-0.1, -0.05) is 23.7 Å². The van der Waals surface area contributed by atoms with Crippen LogP contribution in [0, 0.1) is 0 Å². The molecule has 2 aromatic rings. The predicted octanol–water partition coefficient (Wildman–Crippen LogP) is 2.86. The van der Waals surface area contributed by atoms with Gasteiger partial charge in [-0.25, -0.2) is 0 Å². The molecule has 1 amide bonds. The molecule has 1 spiro atoms. The minimum atomic E-state index is -0.739. The van der Waals surface area contributed by atoms with E-state index in [0.29, 0.717) is 16.6 Å². The highest BCUT2D eigenvalue weighted by molar-refractivity contribution is 7.80. The van der Waals surface area contributed by atoms with Crippen molar-refractivity contribution in [3.63, 3.8) is 0 Å². The molecule has 2 N–H and O–H groups in total. The van der Waals surface area contributed by atoms with Gasteiger partial charge in [0, 0.05) is 23.3 Å². The zero-order valence-electron chi connectivity index (χ0n) is 12.9. The minimum absolute atomic E-state index is 0.0617. The number of fused-ring (bicyclic) bond motifs is 2. The van der Waals surface area contributed by atoms with E-state index in [1.165, 1.54) is 0 Å². The Labute approximate surface area is 150 Å². The number of carbonyl (C=O) groups is 1. The zero-order valence-corrected chi connectivity index (χ0v) is 14.5. The molecule has 1 aromatic heterocycles. The molecule has 1 atom stereocenters. The van der Waals surface area contributed by atoms with Crippen LogP contribution in [0.15, 0.2) is 36.5 Å². The van der Waals surface area contributed by atoms with Gasteiger partial charge in [0.1, 0.15) is 5.54 Å². The topological polar surface area (TPSA) is 54.0 Å². The monoisotopic (exact) mass is 357 g/mol. The first-order valence-corrected chi connectivity index (χ1v) is 8.72. The number of nitrogens with zero attached hydrogens (tertiary/aromatic N) is 1. The fourth-order valence-corrected chi connectivity index (χ4v) is 4.09. The summed E-state index contributed by atoms with van der Waals surface area (Å²) in [7, 11) is 0. The van der Waals surface area contributed by atoms with Crippen LogP contribution in [-0.2, 0) is 23.2 Å². The van der Waals surface area contributed by atoms with Gasteiger partial charge in [0.05, 0.1) is 0 Å². The Kier molecular flexibility index (Phi) is 3.77. The van der Waals surface area contributed by atoms with E-state index in [0.717, 1.165) is 41.6 Å². The summed E-state index contributed by atoms with van der Waals surface area (Å²) >= 11 is 11.2. The van der Waals surface area contributed by atoms with Crippen LogP contribution in [0.2, 0.25) is 5.02 Å². The lowest BCUT2D eigenvalue weighted by atomic mass is 9.77. The second kappa shape index (κ2) is 5.83. The van der Waals surface area contributed by atoms with Crippen molar-refractivity contribution < 1.29 is 4.79 Å². The number of rotatable bonds is 2. The van der Waals surface area contributed by atoms with Gasteiger partial charge >= 0.3 is 0 Å². The third kappa shape index (κ3) is 2.58. The van der Waals surface area contributed by atoms with Gasteiger partial charge in [-0.05, 0) is 66.4 Å². The Morgan fingerprint density at radius 2 is 2.21 bits per heavy atom. The van der Waals surface area contributed by atoms with Crippen LogP contribution in [0.5, 0.6) is 0 Å². The Morgan fingerprint density at radius 3 is 2.96 bits per heavy atom. The molecule has 1 aliphatic heterocycles. The number of benzene rings is 1. The lowest BCUT2D eigenvalue weighted by Gasteiger charge is -2.33. The quantitative estimate of drug-likeness (QED) is 0.811. The van der Waals surface area contributed by atoms with Gasteiger partial charge in [0.2, 0.25) is 0 Å². The highest BCUT2D eigenvalue weighted by Gasteiger charge is 2.48. The Hall–Kier alpha value is -1.98. The normalized spacial score (nSPS) is 22.2. The van der Waals surface area contributed by atoms with Crippen molar-refractivity contribution in [1.82, 2.24) is 15.6 Å². The number of thiocarbonyl (C=S) groups is 1. The molecule has 0 bridgehead atoms. The minimum Gasteiger partial charge on any atom is -0.344 e. The summed E-state index contributed by atoms with van der Waals surface area (Å²) in [6.07, 6.45) is 5.18. The van der Waals surface area contributed by atoms with Crippen molar-refractivity contribution >= 4 is 34.8 Å². The molecular formula is C18H16ClN3OS. The number of carbonyl (C=O) groups excluding carboxylic acids is 1. The van der Waals surface area contributed by atoms with Crippen LogP contribution in [0.25, 0.3) is 0 Å². The molecule has 1 aromatic carbocycles. The van der Waals surface area contributed by atoms with Gasteiger partial charge in [-0.3, -0.25) is 9.78 Å². The largest absolute Gasteiger partial charge is 0.344 e. The predicted molar refractivity (Wildman–Crippen MR) is 97.0 cm³/mol. The van der Waals surface area contributed by atoms with Crippen molar-refractivity contribution in [2.75, 3.05) is 0 Å². The van der Waals surface area contributed by atoms with E-state index in [1.54, 1.807) is 0 Å². The maximum Gasteiger partial charge on any atom is 0.256 e. The summed E-state index contributed by atoms with van der Waals surface area (Å²) in [5.74, 6) is -0.0617. The summed E-state index contributed by atoms with van der Waals surface area (Å²) in [5, 5.41) is 7.05. The fourth-order valence-electron chi connectivity index (χ4n) is 3.61. The second-order valence-electron chi connectivity index (χ2n) is 6.31. The van der Waals surface area contributed by atoms with E-state index >= 15 is 0 Å². The molecule has 6 heteroatoms. The molecule has 1 saturated heterocycles. The van der Waals surface area contributed by atoms with E-state index < -0.39 is 5.54 Å². The first-order valence-electron chi connectivity index (χ1n) is 7.93. The van der Waals surface area contributed by atoms with E-state index in [-0.39, 0.29) is 5.91 Å². The maximum absolute atomic E-state index is 12.5. The van der Waals surface area contributed by atoms with Gasteiger partial charge in [0.15, 0.2) is 5.11 Å². The molecule has 4 rings (SSSR count). The number of halogens is 1. The number of hydrogen-bond acceptors (Lipinski definition) is 3. The highest BCUT2D eigenvalue weighted by atomic mass is 35.5. The first-order chi connectivity index (χ1) is 11.6. The van der Waals surface area contributed by atoms with Crippen LogP contribution in [0.4, 0.5) is 0 Å². The summed E-state index contributed by atoms with van der Waals surface area (Å²) in [4.78, 5) is 17.1. The summed E-state index contributed by atoms with van der Waals surface area (Å²) in [6.45, 7) is 0. The van der Waals surface area contributed by atoms with Crippen LogP contribution >= 0.6 is 23.8 Å². The Morgan fingerprint density at radius 1 is 1.33 bits per heavy atom. The van der Waals surface area contributed by atoms with E-state index in [4.69, 9.17) is 23.8 Å². The van der Waals surface area contributed by atoms with E-state index in [9.17, 15) is 4.79 Å². The highest BCUT2D eigenvalue weighted by Crippen LogP contribution is 2.37. The van der Waals surface area contributed by atoms with E-state index in [1.807, 2.05) is 36.5 Å².